The molecule has 3 N–H and O–H groups in total. The summed E-state index contributed by atoms with van der Waals surface area (Å²) in [4.78, 5) is 21.5. The molecule has 0 aromatic carbocycles. The number of carbonyl (C=O) groups excluding carboxylic acids is 1. The molecule has 0 saturated carbocycles. The Hall–Kier alpha value is -0.144. The number of urea groups is 1. The number of unbranched alkanes of at least 4 members (excludes halogenated alkanes) is 1. The number of aliphatic carboxylic acids is 1. The van der Waals surface area contributed by atoms with Gasteiger partial charge < -0.3 is 18.6 Å². The van der Waals surface area contributed by atoms with Gasteiger partial charge in [0.15, 0.2) is 0 Å². The van der Waals surface area contributed by atoms with E-state index in [9.17, 15) is 9.59 Å². The number of thioether (sulfide) groups is 1. The zero-order valence-corrected chi connectivity index (χ0v) is 11.9. The number of hydrogen-bond donors (Lipinski definition) is 3. The molecule has 2 fully saturated rings. The Bertz CT molecular complexity index is 312. The molecule has 2 rings (SSSR count). The van der Waals surface area contributed by atoms with Crippen LogP contribution in [0.4, 0.5) is 4.79 Å². The molecule has 7 heteroatoms. The van der Waals surface area contributed by atoms with Crippen LogP contribution >= 0.6 is 11.8 Å². The molecule has 2 heterocycles. The van der Waals surface area contributed by atoms with Gasteiger partial charge in [-0.1, -0.05) is 6.42 Å². The van der Waals surface area contributed by atoms with Gasteiger partial charge in [0.1, 0.15) is 0 Å². The maximum atomic E-state index is 11.1. The van der Waals surface area contributed by atoms with E-state index >= 15 is 0 Å². The van der Waals surface area contributed by atoms with Crippen molar-refractivity contribution in [3.8, 4) is 0 Å². The van der Waals surface area contributed by atoms with Crippen LogP contribution in [-0.2, 0) is 4.79 Å². The smallest absolute Gasteiger partial charge is 1.00 e. The third kappa shape index (κ3) is 3.92. The largest absolute Gasteiger partial charge is 2.00 e. The predicted molar refractivity (Wildman–Crippen MR) is 69.6 cm³/mol. The van der Waals surface area contributed by atoms with E-state index in [4.69, 9.17) is 5.11 Å². The average molecular weight is 271 g/mol. The molecule has 0 aliphatic carbocycles. The fourth-order valence-electron chi connectivity index (χ4n) is 2.26. The summed E-state index contributed by atoms with van der Waals surface area (Å²) in [5.74, 6) is 0.236. The third-order valence-corrected chi connectivity index (χ3v) is 4.58. The van der Waals surface area contributed by atoms with Gasteiger partial charge in [-0.05, 0) is 12.8 Å². The summed E-state index contributed by atoms with van der Waals surface area (Å²) in [5.41, 5.74) is 0. The zero-order chi connectivity index (χ0) is 11.5. The minimum Gasteiger partial charge on any atom is -1.00 e. The number of hydrogen-bond acceptors (Lipinski definition) is 3. The Kier molecular flexibility index (Phi) is 5.88. The first-order valence-corrected chi connectivity index (χ1v) is 6.62. The first kappa shape index (κ1) is 14.9. The summed E-state index contributed by atoms with van der Waals surface area (Å²) in [6, 6.07) is 0.440. The normalized spacial score (nSPS) is 30.1. The summed E-state index contributed by atoms with van der Waals surface area (Å²) < 4.78 is 0. The number of carboxylic acid groups (broad SMARTS) is 1. The fourth-order valence-corrected chi connectivity index (χ4v) is 3.81. The maximum Gasteiger partial charge on any atom is 2.00 e. The summed E-state index contributed by atoms with van der Waals surface area (Å²) in [5, 5.41) is 14.8. The van der Waals surface area contributed by atoms with E-state index in [2.05, 4.69) is 10.6 Å². The van der Waals surface area contributed by atoms with Gasteiger partial charge in [-0.25, -0.2) is 4.79 Å². The fraction of sp³-hybridized carbons (Fsp3) is 0.800. The van der Waals surface area contributed by atoms with Crippen LogP contribution in [0.2, 0.25) is 0 Å². The third-order valence-electron chi connectivity index (χ3n) is 3.07. The van der Waals surface area contributed by atoms with Crippen LogP contribution in [0.3, 0.4) is 0 Å². The Balaban J connectivity index is 0. The van der Waals surface area contributed by atoms with Crippen molar-refractivity contribution in [1.82, 2.24) is 10.6 Å². The molecule has 0 aromatic rings. The predicted octanol–water partition coefficient (Wildman–Crippen LogP) is 0.641. The van der Waals surface area contributed by atoms with E-state index in [0.29, 0.717) is 5.25 Å². The molecule has 2 saturated heterocycles. The van der Waals surface area contributed by atoms with Crippen molar-refractivity contribution in [1.29, 1.82) is 0 Å². The van der Waals surface area contributed by atoms with Crippen LogP contribution in [0.15, 0.2) is 0 Å². The summed E-state index contributed by atoms with van der Waals surface area (Å²) in [7, 11) is 0. The average Bonchev–Trinajstić information content (AvgIpc) is 2.72. The number of carboxylic acids is 1. The van der Waals surface area contributed by atoms with Gasteiger partial charge in [0.25, 0.3) is 0 Å². The molecule has 5 nitrogen and oxygen atoms in total. The molecule has 94 valence electrons. The number of carbonyl (C=O) groups is 2. The summed E-state index contributed by atoms with van der Waals surface area (Å²) in [6.07, 6.45) is 2.88. The van der Waals surface area contributed by atoms with Crippen molar-refractivity contribution in [2.24, 2.45) is 0 Å². The summed E-state index contributed by atoms with van der Waals surface area (Å²) in [6.45, 7) is 0. The SMILES string of the molecule is O=C(O)CCCC[C@H]1SC[C@H]2NC(=O)N[C@H]21.[H-].[H-].[Mg+2]. The van der Waals surface area contributed by atoms with Crippen molar-refractivity contribution in [3.63, 3.8) is 0 Å². The quantitative estimate of drug-likeness (QED) is 0.389. The maximum absolute atomic E-state index is 11.1. The Labute approximate surface area is 124 Å². The van der Waals surface area contributed by atoms with Crippen LogP contribution < -0.4 is 10.6 Å². The van der Waals surface area contributed by atoms with Gasteiger partial charge in [0.2, 0.25) is 0 Å². The van der Waals surface area contributed by atoms with E-state index in [-0.39, 0.29) is 50.4 Å². The first-order chi connectivity index (χ1) is 7.66. The van der Waals surface area contributed by atoms with Crippen LogP contribution in [0, 0.1) is 0 Å². The van der Waals surface area contributed by atoms with E-state index < -0.39 is 5.97 Å². The van der Waals surface area contributed by atoms with E-state index in [1.54, 1.807) is 0 Å². The second kappa shape index (κ2) is 6.70. The minimum atomic E-state index is -0.729. The Morgan fingerprint density at radius 2 is 2.24 bits per heavy atom. The molecule has 0 bridgehead atoms. The van der Waals surface area contributed by atoms with Gasteiger partial charge in [-0.3, -0.25) is 4.79 Å². The number of nitrogens with one attached hydrogen (secondary N) is 2. The van der Waals surface area contributed by atoms with Gasteiger partial charge >= 0.3 is 35.1 Å². The molecule has 0 radical (unpaired) electrons. The molecule has 2 amide bonds. The van der Waals surface area contributed by atoms with Crippen LogP contribution in [0.1, 0.15) is 28.5 Å². The second-order valence-corrected chi connectivity index (χ2v) is 5.53. The molecule has 0 aromatic heterocycles. The molecule has 0 unspecified atom stereocenters. The van der Waals surface area contributed by atoms with Gasteiger partial charge in [-0.15, -0.1) is 0 Å². The topological polar surface area (TPSA) is 78.4 Å². The van der Waals surface area contributed by atoms with Crippen molar-refractivity contribution in [3.05, 3.63) is 0 Å². The van der Waals surface area contributed by atoms with Crippen molar-refractivity contribution >= 4 is 46.8 Å². The zero-order valence-electron chi connectivity index (χ0n) is 11.6. The van der Waals surface area contributed by atoms with Crippen molar-refractivity contribution in [2.45, 2.75) is 43.0 Å². The van der Waals surface area contributed by atoms with E-state index in [1.165, 1.54) is 0 Å². The van der Waals surface area contributed by atoms with Gasteiger partial charge in [-0.2, -0.15) is 11.8 Å². The molecule has 17 heavy (non-hydrogen) atoms. The Morgan fingerprint density at radius 1 is 1.47 bits per heavy atom. The van der Waals surface area contributed by atoms with Crippen LogP contribution in [-0.4, -0.2) is 63.2 Å². The summed E-state index contributed by atoms with van der Waals surface area (Å²) >= 11 is 1.87. The van der Waals surface area contributed by atoms with Gasteiger partial charge in [0, 0.05) is 17.4 Å². The van der Waals surface area contributed by atoms with E-state index in [1.807, 2.05) is 11.8 Å². The Morgan fingerprint density at radius 3 is 2.94 bits per heavy atom. The molecule has 3 atom stereocenters. The molecule has 2 aliphatic heterocycles. The number of rotatable bonds is 5. The standard InChI is InChI=1S/C10H16N2O3S.Mg.2H/c13-8(14)4-2-1-3-7-9-6(5-16-7)11-10(15)12-9;;;/h6-7,9H,1-5H2,(H,13,14)(H2,11,12,15);;;/q;+2;2*-1/t6-,7-,9-;;;/m1.../s1. The second-order valence-electron chi connectivity index (χ2n) is 4.26. The van der Waals surface area contributed by atoms with E-state index in [0.717, 1.165) is 25.0 Å². The molecular weight excluding hydrogens is 252 g/mol. The number of fused-ring (bicyclic) bond motifs is 1. The first-order valence-electron chi connectivity index (χ1n) is 5.57. The molecular formula is C10H18MgN2O3S. The monoisotopic (exact) mass is 270 g/mol. The number of amides is 2. The van der Waals surface area contributed by atoms with Crippen molar-refractivity contribution in [2.75, 3.05) is 5.75 Å². The minimum absolute atomic E-state index is 0. The molecule has 0 spiro atoms. The molecule has 2 aliphatic rings. The van der Waals surface area contributed by atoms with Crippen molar-refractivity contribution < 1.29 is 17.5 Å². The van der Waals surface area contributed by atoms with Gasteiger partial charge in [0.05, 0.1) is 12.1 Å². The van der Waals surface area contributed by atoms with Crippen LogP contribution in [0.5, 0.6) is 0 Å². The van der Waals surface area contributed by atoms with Crippen LogP contribution in [0.25, 0.3) is 0 Å².